The van der Waals surface area contributed by atoms with Crippen molar-refractivity contribution in [2.24, 2.45) is 5.92 Å². The van der Waals surface area contributed by atoms with Crippen LogP contribution in [0.1, 0.15) is 80.9 Å². The van der Waals surface area contributed by atoms with Crippen LogP contribution >= 0.6 is 0 Å². The summed E-state index contributed by atoms with van der Waals surface area (Å²) in [4.78, 5) is 65.6. The number of benzene rings is 1. The highest BCUT2D eigenvalue weighted by Gasteiger charge is 2.63. The first kappa shape index (κ1) is 35.5. The second-order valence-corrected chi connectivity index (χ2v) is 16.5. The Morgan fingerprint density at radius 3 is 2.69 bits per heavy atom. The van der Waals surface area contributed by atoms with Gasteiger partial charge in [0.15, 0.2) is 11.5 Å². The summed E-state index contributed by atoms with van der Waals surface area (Å²) in [6, 6.07) is 3.52. The molecule has 15 nitrogen and oxygen atoms in total. The number of halogens is 1. The minimum Gasteiger partial charge on any atom is -0.471 e. The molecule has 7 rings (SSSR count). The van der Waals surface area contributed by atoms with Crippen molar-refractivity contribution in [3.63, 3.8) is 0 Å². The molecular weight excluding hydrogens is 697 g/mol. The normalized spacial score (nSPS) is 27.4. The van der Waals surface area contributed by atoms with Gasteiger partial charge in [-0.15, -0.1) is 0 Å². The lowest BCUT2D eigenvalue weighted by Gasteiger charge is -2.30. The molecule has 2 aromatic heterocycles. The fourth-order valence-electron chi connectivity index (χ4n) is 6.89. The number of hydrogen-bond acceptors (Lipinski definition) is 11. The van der Waals surface area contributed by atoms with E-state index < -0.39 is 73.9 Å². The third-order valence-electron chi connectivity index (χ3n) is 10.5. The summed E-state index contributed by atoms with van der Waals surface area (Å²) in [5, 5.41) is 9.24. The summed E-state index contributed by atoms with van der Waals surface area (Å²) < 4.78 is 53.0. The fraction of sp³-hybridized carbons (Fsp3) is 0.514. The molecule has 3 N–H and O–H groups in total. The fourth-order valence-corrected chi connectivity index (χ4v) is 8.21. The van der Waals surface area contributed by atoms with Crippen LogP contribution in [0.2, 0.25) is 0 Å². The van der Waals surface area contributed by atoms with E-state index in [1.165, 1.54) is 29.4 Å². The highest BCUT2D eigenvalue weighted by atomic mass is 32.2. The molecule has 0 radical (unpaired) electrons. The van der Waals surface area contributed by atoms with Crippen LogP contribution in [0.25, 0.3) is 11.0 Å². The summed E-state index contributed by atoms with van der Waals surface area (Å²) in [5.74, 6) is -3.76. The molecule has 52 heavy (non-hydrogen) atoms. The van der Waals surface area contributed by atoms with E-state index >= 15 is 0 Å². The molecule has 1 saturated heterocycles. The van der Waals surface area contributed by atoms with Crippen molar-refractivity contribution >= 4 is 44.7 Å². The van der Waals surface area contributed by atoms with E-state index in [1.54, 1.807) is 19.9 Å². The van der Waals surface area contributed by atoms with Crippen LogP contribution in [0.15, 0.2) is 47.2 Å². The molecule has 2 aliphatic heterocycles. The number of aromatic nitrogens is 3. The predicted molar refractivity (Wildman–Crippen MR) is 182 cm³/mol. The van der Waals surface area contributed by atoms with Gasteiger partial charge in [0.2, 0.25) is 27.7 Å². The Labute approximate surface area is 299 Å². The number of nitrogens with zero attached hydrogens (tertiary/aromatic N) is 4. The van der Waals surface area contributed by atoms with Gasteiger partial charge in [-0.3, -0.25) is 23.9 Å². The van der Waals surface area contributed by atoms with E-state index in [1.807, 2.05) is 12.2 Å². The first-order valence-corrected chi connectivity index (χ1v) is 19.0. The molecule has 0 unspecified atom stereocenters. The van der Waals surface area contributed by atoms with Gasteiger partial charge in [-0.2, -0.15) is 0 Å². The van der Waals surface area contributed by atoms with Crippen molar-refractivity contribution in [1.82, 2.24) is 35.4 Å². The van der Waals surface area contributed by atoms with E-state index in [2.05, 4.69) is 30.5 Å². The summed E-state index contributed by atoms with van der Waals surface area (Å²) in [5.41, 5.74) is -0.885. The maximum atomic E-state index is 14.7. The van der Waals surface area contributed by atoms with Crippen LogP contribution in [0, 0.1) is 18.7 Å². The van der Waals surface area contributed by atoms with Crippen molar-refractivity contribution in [3.05, 3.63) is 59.9 Å². The molecule has 4 heterocycles. The second kappa shape index (κ2) is 13.6. The Morgan fingerprint density at radius 2 is 1.94 bits per heavy atom. The highest BCUT2D eigenvalue weighted by Crippen LogP contribution is 2.47. The molecule has 3 aromatic rings. The number of carbonyl (C=O) groups excluding carboxylic acids is 4. The SMILES string of the molecule is Cc1nc2cccc(F)c2nc1O[C@@H]1C[C@H]2C(=O)N[C@]3(C(=O)NS(=O)(=O)C4(C)CC4)C[C@H]3C=CCCCCC[C@H](NC(=O)c3ccon3)C(=O)N2C1. The van der Waals surface area contributed by atoms with E-state index in [0.29, 0.717) is 36.9 Å². The van der Waals surface area contributed by atoms with E-state index in [9.17, 15) is 32.0 Å². The quantitative estimate of drug-likeness (QED) is 0.301. The smallest absolute Gasteiger partial charge is 0.274 e. The van der Waals surface area contributed by atoms with E-state index in [-0.39, 0.29) is 42.9 Å². The molecule has 0 spiro atoms. The Hall–Kier alpha value is -4.93. The number of fused-ring (bicyclic) bond motifs is 3. The van der Waals surface area contributed by atoms with Crippen LogP contribution in [0.4, 0.5) is 4.39 Å². The average molecular weight is 738 g/mol. The minimum atomic E-state index is -4.01. The number of carbonyl (C=O) groups is 4. The van der Waals surface area contributed by atoms with Crippen molar-refractivity contribution in [2.45, 2.75) is 100 Å². The Morgan fingerprint density at radius 1 is 1.13 bits per heavy atom. The molecule has 2 aliphatic carbocycles. The lowest BCUT2D eigenvalue weighted by Crippen LogP contribution is -2.58. The number of ether oxygens (including phenoxy) is 1. The molecule has 4 aliphatic rings. The van der Waals surface area contributed by atoms with Crippen LogP contribution in [0.3, 0.4) is 0 Å². The van der Waals surface area contributed by atoms with Crippen molar-refractivity contribution in [3.8, 4) is 5.88 Å². The first-order chi connectivity index (χ1) is 24.8. The van der Waals surface area contributed by atoms with E-state index in [0.717, 1.165) is 12.8 Å². The summed E-state index contributed by atoms with van der Waals surface area (Å²) in [6.07, 6.45) is 8.11. The topological polar surface area (TPSA) is 203 Å². The van der Waals surface area contributed by atoms with Gasteiger partial charge in [0.1, 0.15) is 41.2 Å². The highest BCUT2D eigenvalue weighted by molar-refractivity contribution is 7.91. The predicted octanol–water partition coefficient (Wildman–Crippen LogP) is 2.61. The summed E-state index contributed by atoms with van der Waals surface area (Å²) >= 11 is 0. The number of allylic oxidation sites excluding steroid dienone is 1. The van der Waals surface area contributed by atoms with Gasteiger partial charge < -0.3 is 24.8 Å². The van der Waals surface area contributed by atoms with Gasteiger partial charge in [-0.1, -0.05) is 36.2 Å². The molecule has 5 atom stereocenters. The third-order valence-corrected chi connectivity index (χ3v) is 12.7. The summed E-state index contributed by atoms with van der Waals surface area (Å²) in [6.45, 7) is 3.10. The Balaban J connectivity index is 1.20. The van der Waals surface area contributed by atoms with Gasteiger partial charge in [-0.05, 0) is 64.5 Å². The van der Waals surface area contributed by atoms with Gasteiger partial charge in [0.05, 0.1) is 16.8 Å². The maximum Gasteiger partial charge on any atom is 0.274 e. The molecular formula is C35H40FN7O8S. The van der Waals surface area contributed by atoms with Crippen LogP contribution in [-0.4, -0.2) is 87.1 Å². The number of nitrogens with one attached hydrogen (secondary N) is 3. The molecule has 276 valence electrons. The zero-order valence-electron chi connectivity index (χ0n) is 28.8. The van der Waals surface area contributed by atoms with Gasteiger partial charge in [-0.25, -0.2) is 22.8 Å². The van der Waals surface area contributed by atoms with Gasteiger partial charge >= 0.3 is 0 Å². The maximum absolute atomic E-state index is 14.7. The summed E-state index contributed by atoms with van der Waals surface area (Å²) in [7, 11) is -4.01. The zero-order valence-corrected chi connectivity index (χ0v) is 29.6. The van der Waals surface area contributed by atoms with E-state index in [4.69, 9.17) is 9.26 Å². The minimum absolute atomic E-state index is 0.00353. The lowest BCUT2D eigenvalue weighted by molar-refractivity contribution is -0.141. The number of sulfonamides is 1. The molecule has 0 bridgehead atoms. The molecule has 1 aromatic carbocycles. The van der Waals surface area contributed by atoms with Gasteiger partial charge in [0.25, 0.3) is 11.8 Å². The van der Waals surface area contributed by atoms with Crippen molar-refractivity contribution in [1.29, 1.82) is 0 Å². The zero-order chi connectivity index (χ0) is 36.8. The standard InChI is InChI=1S/C35H40FN7O8S/c1-20-31(39-28-23(36)10-8-12-24(28)37-20)51-22-17-27-30(45)40-35(33(47)42-52(48,49)34(2)14-15-34)18-21(35)9-6-4-3-5-7-11-26(32(46)43(27)19-22)38-29(44)25-13-16-50-41-25/h6,8-10,12-13,16,21-22,26-27H,3-5,7,11,14-15,17-19H2,1-2H3,(H,38,44)(H,40,45)(H,42,47)/t21-,22-,26+,27+,35-/m1/s1. The van der Waals surface area contributed by atoms with Crippen LogP contribution in [-0.2, 0) is 24.4 Å². The second-order valence-electron chi connectivity index (χ2n) is 14.3. The number of para-hydroxylation sites is 1. The number of amides is 4. The average Bonchev–Trinajstić information content (AvgIpc) is 3.85. The molecule has 2 saturated carbocycles. The molecule has 17 heteroatoms. The van der Waals surface area contributed by atoms with Gasteiger partial charge in [0, 0.05) is 18.4 Å². The Bertz CT molecular complexity index is 2050. The Kier molecular flexibility index (Phi) is 9.25. The third kappa shape index (κ3) is 6.85. The van der Waals surface area contributed by atoms with Crippen molar-refractivity contribution < 1.29 is 41.2 Å². The van der Waals surface area contributed by atoms with Crippen molar-refractivity contribution in [2.75, 3.05) is 6.54 Å². The molecule has 4 amide bonds. The first-order valence-electron chi connectivity index (χ1n) is 17.5. The lowest BCUT2D eigenvalue weighted by atomic mass is 10.0. The number of rotatable bonds is 7. The number of hydrogen-bond donors (Lipinski definition) is 3. The molecule has 3 fully saturated rings. The van der Waals surface area contributed by atoms with Crippen LogP contribution in [0.5, 0.6) is 5.88 Å². The number of aryl methyl sites for hydroxylation is 1. The largest absolute Gasteiger partial charge is 0.471 e. The van der Waals surface area contributed by atoms with Crippen LogP contribution < -0.4 is 20.1 Å². The monoisotopic (exact) mass is 737 g/mol.